The number of carbonyl (C=O) groups is 2. The second-order valence-electron chi connectivity index (χ2n) is 6.10. The van der Waals surface area contributed by atoms with E-state index in [-0.39, 0.29) is 23.8 Å². The van der Waals surface area contributed by atoms with Gasteiger partial charge < -0.3 is 14.8 Å². The average molecular weight is 352 g/mol. The first-order valence-corrected chi connectivity index (χ1v) is 7.95. The van der Waals surface area contributed by atoms with Crippen molar-refractivity contribution < 1.29 is 19.1 Å². The molecule has 5 nitrogen and oxygen atoms in total. The summed E-state index contributed by atoms with van der Waals surface area (Å²) in [4.78, 5) is 23.8. The molecular weight excluding hydrogens is 330 g/mol. The van der Waals surface area contributed by atoms with Crippen molar-refractivity contribution in [3.05, 3.63) is 35.4 Å². The van der Waals surface area contributed by atoms with E-state index in [1.807, 2.05) is 12.1 Å². The first kappa shape index (κ1) is 18.5. The molecule has 0 aliphatic carbocycles. The molecule has 3 rings (SSSR count). The standard InChI is InChI=1S/C18H21NO4.ClH/c1-22-17(21)6-4-13-3-5-16-14(11-13)15(20)12-18(23-16)7-2-9-19-10-8-18;/h3-6,11,19H,2,7-10,12H2,1H3;1H/b6-4+;. The third-order valence-electron chi connectivity index (χ3n) is 4.47. The number of halogens is 1. The fourth-order valence-electron chi connectivity index (χ4n) is 3.23. The molecule has 1 saturated heterocycles. The summed E-state index contributed by atoms with van der Waals surface area (Å²) in [6.45, 7) is 1.85. The maximum absolute atomic E-state index is 12.6. The van der Waals surface area contributed by atoms with Gasteiger partial charge in [-0.2, -0.15) is 0 Å². The van der Waals surface area contributed by atoms with Gasteiger partial charge in [0.05, 0.1) is 19.1 Å². The van der Waals surface area contributed by atoms with Gasteiger partial charge in [-0.05, 0) is 49.7 Å². The Labute approximate surface area is 147 Å². The van der Waals surface area contributed by atoms with E-state index in [4.69, 9.17) is 4.74 Å². The average Bonchev–Trinajstić information content (AvgIpc) is 2.78. The van der Waals surface area contributed by atoms with Crippen molar-refractivity contribution >= 4 is 30.2 Å². The van der Waals surface area contributed by atoms with E-state index in [9.17, 15) is 9.59 Å². The van der Waals surface area contributed by atoms with Crippen molar-refractivity contribution in [2.45, 2.75) is 31.3 Å². The number of benzene rings is 1. The van der Waals surface area contributed by atoms with Gasteiger partial charge in [0, 0.05) is 12.5 Å². The van der Waals surface area contributed by atoms with Crippen LogP contribution in [0.4, 0.5) is 0 Å². The molecule has 0 aromatic heterocycles. The molecule has 1 N–H and O–H groups in total. The number of esters is 1. The van der Waals surface area contributed by atoms with Gasteiger partial charge in [-0.25, -0.2) is 4.79 Å². The molecule has 2 aliphatic heterocycles. The third-order valence-corrected chi connectivity index (χ3v) is 4.47. The van der Waals surface area contributed by atoms with Gasteiger partial charge >= 0.3 is 5.97 Å². The molecule has 1 spiro atoms. The Balaban J connectivity index is 0.00000208. The van der Waals surface area contributed by atoms with Crippen LogP contribution >= 0.6 is 12.4 Å². The molecule has 0 saturated carbocycles. The zero-order chi connectivity index (χ0) is 16.3. The number of fused-ring (bicyclic) bond motifs is 1. The summed E-state index contributed by atoms with van der Waals surface area (Å²) in [5.41, 5.74) is 1.01. The van der Waals surface area contributed by atoms with Crippen LogP contribution in [0.5, 0.6) is 5.75 Å². The fourth-order valence-corrected chi connectivity index (χ4v) is 3.23. The molecule has 1 aromatic rings. The summed E-state index contributed by atoms with van der Waals surface area (Å²) in [6.07, 6.45) is 6.17. The normalized spacial score (nSPS) is 23.1. The van der Waals surface area contributed by atoms with E-state index in [0.29, 0.717) is 17.7 Å². The summed E-state index contributed by atoms with van der Waals surface area (Å²) < 4.78 is 10.8. The Bertz CT molecular complexity index is 648. The van der Waals surface area contributed by atoms with E-state index in [2.05, 4.69) is 10.1 Å². The number of Topliss-reactive ketones (excluding diaryl/α,β-unsaturated/α-hetero) is 1. The Hall–Kier alpha value is -1.85. The lowest BCUT2D eigenvalue weighted by Gasteiger charge is -2.37. The Morgan fingerprint density at radius 3 is 2.96 bits per heavy atom. The second kappa shape index (κ2) is 7.81. The van der Waals surface area contributed by atoms with Crippen LogP contribution in [0.1, 0.15) is 41.6 Å². The molecule has 2 heterocycles. The van der Waals surface area contributed by atoms with Gasteiger partial charge in [-0.1, -0.05) is 6.07 Å². The van der Waals surface area contributed by atoms with Crippen LogP contribution < -0.4 is 10.1 Å². The van der Waals surface area contributed by atoms with Crippen molar-refractivity contribution in [2.24, 2.45) is 0 Å². The Kier molecular flexibility index (Phi) is 6.02. The number of hydrogen-bond donors (Lipinski definition) is 1. The molecule has 0 radical (unpaired) electrons. The second-order valence-corrected chi connectivity index (χ2v) is 6.10. The van der Waals surface area contributed by atoms with Crippen LogP contribution in [0.15, 0.2) is 24.3 Å². The van der Waals surface area contributed by atoms with Crippen molar-refractivity contribution in [2.75, 3.05) is 20.2 Å². The van der Waals surface area contributed by atoms with Gasteiger partial charge in [-0.3, -0.25) is 4.79 Å². The minimum atomic E-state index is -0.421. The molecule has 1 aromatic carbocycles. The van der Waals surface area contributed by atoms with E-state index in [0.717, 1.165) is 37.9 Å². The summed E-state index contributed by atoms with van der Waals surface area (Å²) in [7, 11) is 1.33. The van der Waals surface area contributed by atoms with Crippen LogP contribution in [-0.2, 0) is 9.53 Å². The predicted molar refractivity (Wildman–Crippen MR) is 93.8 cm³/mol. The Morgan fingerprint density at radius 1 is 1.33 bits per heavy atom. The number of hydrogen-bond acceptors (Lipinski definition) is 5. The predicted octanol–water partition coefficient (Wildman–Crippen LogP) is 2.77. The van der Waals surface area contributed by atoms with E-state index >= 15 is 0 Å². The zero-order valence-corrected chi connectivity index (χ0v) is 14.5. The number of nitrogens with one attached hydrogen (secondary N) is 1. The highest BCUT2D eigenvalue weighted by Gasteiger charge is 2.40. The topological polar surface area (TPSA) is 64.6 Å². The smallest absolute Gasteiger partial charge is 0.330 e. The molecule has 1 unspecified atom stereocenters. The highest BCUT2D eigenvalue weighted by molar-refractivity contribution is 6.01. The van der Waals surface area contributed by atoms with E-state index in [1.165, 1.54) is 13.2 Å². The molecular formula is C18H22ClNO4. The van der Waals surface area contributed by atoms with E-state index < -0.39 is 5.97 Å². The number of methoxy groups -OCH3 is 1. The van der Waals surface area contributed by atoms with E-state index in [1.54, 1.807) is 12.1 Å². The highest BCUT2D eigenvalue weighted by Crippen LogP contribution is 2.39. The van der Waals surface area contributed by atoms with Crippen LogP contribution in [0, 0.1) is 0 Å². The molecule has 1 atom stereocenters. The maximum atomic E-state index is 12.6. The minimum absolute atomic E-state index is 0. The largest absolute Gasteiger partial charge is 0.486 e. The zero-order valence-electron chi connectivity index (χ0n) is 13.7. The van der Waals surface area contributed by atoms with Gasteiger partial charge in [-0.15, -0.1) is 12.4 Å². The maximum Gasteiger partial charge on any atom is 0.330 e. The number of ketones is 1. The first-order chi connectivity index (χ1) is 11.1. The van der Waals surface area contributed by atoms with Crippen molar-refractivity contribution in [3.63, 3.8) is 0 Å². The SMILES string of the molecule is COC(=O)/C=C/c1ccc2c(c1)C(=O)CC1(CCCNCC1)O2.Cl. The van der Waals surface area contributed by atoms with Gasteiger partial charge in [0.2, 0.25) is 0 Å². The summed E-state index contributed by atoms with van der Waals surface area (Å²) in [5.74, 6) is 0.343. The van der Waals surface area contributed by atoms with Crippen molar-refractivity contribution in [1.82, 2.24) is 5.32 Å². The quantitative estimate of drug-likeness (QED) is 0.655. The van der Waals surface area contributed by atoms with Crippen LogP contribution in [0.3, 0.4) is 0 Å². The van der Waals surface area contributed by atoms with Crippen molar-refractivity contribution in [3.8, 4) is 5.75 Å². The molecule has 130 valence electrons. The number of rotatable bonds is 2. The van der Waals surface area contributed by atoms with Gasteiger partial charge in [0.25, 0.3) is 0 Å². The first-order valence-electron chi connectivity index (χ1n) is 7.95. The minimum Gasteiger partial charge on any atom is -0.486 e. The lowest BCUT2D eigenvalue weighted by molar-refractivity contribution is -0.134. The van der Waals surface area contributed by atoms with Crippen LogP contribution in [0.25, 0.3) is 6.08 Å². The fraction of sp³-hybridized carbons (Fsp3) is 0.444. The summed E-state index contributed by atoms with van der Waals surface area (Å²) in [6, 6.07) is 5.45. The summed E-state index contributed by atoms with van der Waals surface area (Å²) in [5, 5.41) is 3.36. The molecule has 0 bridgehead atoms. The molecule has 6 heteroatoms. The third kappa shape index (κ3) is 3.97. The van der Waals surface area contributed by atoms with Gasteiger partial charge in [0.15, 0.2) is 5.78 Å². The highest BCUT2D eigenvalue weighted by atomic mass is 35.5. The van der Waals surface area contributed by atoms with Crippen molar-refractivity contribution in [1.29, 1.82) is 0 Å². The number of ether oxygens (including phenoxy) is 2. The molecule has 2 aliphatic rings. The van der Waals surface area contributed by atoms with Crippen LogP contribution in [0.2, 0.25) is 0 Å². The molecule has 0 amide bonds. The number of carbonyl (C=O) groups excluding carboxylic acids is 2. The monoisotopic (exact) mass is 351 g/mol. The van der Waals surface area contributed by atoms with Gasteiger partial charge in [0.1, 0.15) is 11.4 Å². The Morgan fingerprint density at radius 2 is 2.17 bits per heavy atom. The lowest BCUT2D eigenvalue weighted by Crippen LogP contribution is -2.42. The lowest BCUT2D eigenvalue weighted by atomic mass is 9.84. The molecule has 1 fully saturated rings. The summed E-state index contributed by atoms with van der Waals surface area (Å²) >= 11 is 0. The van der Waals surface area contributed by atoms with Crippen LogP contribution in [-0.4, -0.2) is 37.6 Å². The molecule has 24 heavy (non-hydrogen) atoms.